The van der Waals surface area contributed by atoms with Crippen LogP contribution in [0.5, 0.6) is 0 Å². The predicted molar refractivity (Wildman–Crippen MR) is 88.8 cm³/mol. The lowest BCUT2D eigenvalue weighted by molar-refractivity contribution is 1.24. The molecule has 0 N–H and O–H groups in total. The average Bonchev–Trinajstić information content (AvgIpc) is 2.75. The Bertz CT molecular complexity index is 726. The van der Waals surface area contributed by atoms with Gasteiger partial charge in [-0.1, -0.05) is 60.2 Å². The zero-order valence-corrected chi connectivity index (χ0v) is 12.5. The molecule has 0 unspecified atom stereocenters. The van der Waals surface area contributed by atoms with E-state index in [0.717, 1.165) is 6.42 Å². The van der Waals surface area contributed by atoms with Crippen LogP contribution in [0.25, 0.3) is 23.3 Å². The smallest absolute Gasteiger partial charge is 0.000729 e. The van der Waals surface area contributed by atoms with Gasteiger partial charge in [0.15, 0.2) is 0 Å². The van der Waals surface area contributed by atoms with Crippen molar-refractivity contribution in [1.82, 2.24) is 0 Å². The highest BCUT2D eigenvalue weighted by molar-refractivity contribution is 5.84. The highest BCUT2D eigenvalue weighted by atomic mass is 14.2. The van der Waals surface area contributed by atoms with Crippen LogP contribution >= 0.6 is 0 Å². The van der Waals surface area contributed by atoms with Gasteiger partial charge in [-0.05, 0) is 60.6 Å². The van der Waals surface area contributed by atoms with Crippen molar-refractivity contribution in [2.24, 2.45) is 0 Å². The van der Waals surface area contributed by atoms with Gasteiger partial charge < -0.3 is 0 Å². The lowest BCUT2D eigenvalue weighted by Crippen LogP contribution is -1.91. The van der Waals surface area contributed by atoms with Gasteiger partial charge in [0, 0.05) is 0 Å². The minimum atomic E-state index is 1.02. The van der Waals surface area contributed by atoms with Crippen LogP contribution in [-0.4, -0.2) is 0 Å². The van der Waals surface area contributed by atoms with Crippen molar-refractivity contribution in [3.05, 3.63) is 70.3 Å². The summed E-state index contributed by atoms with van der Waals surface area (Å²) in [4.78, 5) is 0. The molecule has 0 radical (unpaired) electrons. The molecule has 20 heavy (non-hydrogen) atoms. The van der Waals surface area contributed by atoms with Crippen molar-refractivity contribution < 1.29 is 0 Å². The first-order valence-corrected chi connectivity index (χ1v) is 7.13. The third kappa shape index (κ3) is 2.02. The predicted octanol–water partition coefficient (Wildman–Crippen LogP) is 5.63. The van der Waals surface area contributed by atoms with Crippen molar-refractivity contribution in [2.45, 2.75) is 27.2 Å². The largest absolute Gasteiger partial charge is 0.0984 e. The fourth-order valence-electron chi connectivity index (χ4n) is 3.09. The molecule has 1 aliphatic rings. The molecule has 1 aliphatic carbocycles. The van der Waals surface area contributed by atoms with E-state index >= 15 is 0 Å². The fraction of sp³-hybridized carbons (Fsp3) is 0.200. The zero-order chi connectivity index (χ0) is 14.3. The Morgan fingerprint density at radius 3 is 2.60 bits per heavy atom. The van der Waals surface area contributed by atoms with E-state index in [1.165, 1.54) is 44.5 Å². The molecule has 0 aromatic heterocycles. The lowest BCUT2D eigenvalue weighted by Gasteiger charge is -2.09. The Balaban J connectivity index is 2.23. The molecule has 0 saturated heterocycles. The zero-order valence-electron chi connectivity index (χ0n) is 12.5. The highest BCUT2D eigenvalue weighted by Gasteiger charge is 2.21. The number of fused-ring (bicyclic) bond motifs is 3. The summed E-state index contributed by atoms with van der Waals surface area (Å²) in [5.41, 5.74) is 10.8. The first-order chi connectivity index (χ1) is 9.60. The van der Waals surface area contributed by atoms with Crippen LogP contribution in [0, 0.1) is 6.92 Å². The second-order valence-electron chi connectivity index (χ2n) is 5.86. The van der Waals surface area contributed by atoms with Gasteiger partial charge in [0.2, 0.25) is 0 Å². The van der Waals surface area contributed by atoms with Crippen LogP contribution < -0.4 is 0 Å². The molecule has 0 bridgehead atoms. The van der Waals surface area contributed by atoms with Crippen LogP contribution in [0.1, 0.15) is 41.7 Å². The van der Waals surface area contributed by atoms with Gasteiger partial charge in [-0.15, -0.1) is 0 Å². The van der Waals surface area contributed by atoms with Gasteiger partial charge in [-0.2, -0.15) is 0 Å². The number of allylic oxidation sites excluding steroid dienone is 1. The van der Waals surface area contributed by atoms with Gasteiger partial charge in [0.1, 0.15) is 0 Å². The molecule has 0 amide bonds. The SMILES string of the molecule is C=Cc1c(C=C(C)C)ccc2c1Cc1ccc(C)cc1-2. The summed E-state index contributed by atoms with van der Waals surface area (Å²) in [7, 11) is 0. The van der Waals surface area contributed by atoms with Crippen molar-refractivity contribution >= 4 is 12.2 Å². The van der Waals surface area contributed by atoms with E-state index in [4.69, 9.17) is 0 Å². The van der Waals surface area contributed by atoms with Crippen LogP contribution in [0.4, 0.5) is 0 Å². The number of hydrogen-bond acceptors (Lipinski definition) is 0. The second-order valence-corrected chi connectivity index (χ2v) is 5.86. The van der Waals surface area contributed by atoms with Gasteiger partial charge in [0.05, 0.1) is 0 Å². The minimum Gasteiger partial charge on any atom is -0.0984 e. The molecule has 0 fully saturated rings. The molecule has 0 atom stereocenters. The Hall–Kier alpha value is -2.08. The van der Waals surface area contributed by atoms with Gasteiger partial charge in [-0.3, -0.25) is 0 Å². The molecule has 0 saturated carbocycles. The van der Waals surface area contributed by atoms with Gasteiger partial charge in [-0.25, -0.2) is 0 Å². The van der Waals surface area contributed by atoms with Crippen molar-refractivity contribution in [1.29, 1.82) is 0 Å². The van der Waals surface area contributed by atoms with E-state index in [9.17, 15) is 0 Å². The van der Waals surface area contributed by atoms with E-state index in [-0.39, 0.29) is 0 Å². The van der Waals surface area contributed by atoms with E-state index < -0.39 is 0 Å². The summed E-state index contributed by atoms with van der Waals surface area (Å²) in [6, 6.07) is 11.3. The summed E-state index contributed by atoms with van der Waals surface area (Å²) < 4.78 is 0. The summed E-state index contributed by atoms with van der Waals surface area (Å²) in [6.45, 7) is 10.5. The molecule has 3 rings (SSSR count). The molecule has 0 heteroatoms. The van der Waals surface area contributed by atoms with Crippen LogP contribution in [0.2, 0.25) is 0 Å². The lowest BCUT2D eigenvalue weighted by atomic mass is 9.95. The fourth-order valence-corrected chi connectivity index (χ4v) is 3.09. The van der Waals surface area contributed by atoms with Crippen LogP contribution in [0.15, 0.2) is 42.5 Å². The molecular weight excluding hydrogens is 240 g/mol. The first kappa shape index (κ1) is 12.9. The standard InChI is InChI=1S/C20H20/c1-5-17-15(10-13(2)3)8-9-18-19-11-14(4)6-7-16(19)12-20(17)18/h5-11H,1,12H2,2-4H3. The van der Waals surface area contributed by atoms with Crippen LogP contribution in [0.3, 0.4) is 0 Å². The third-order valence-electron chi connectivity index (χ3n) is 3.96. The maximum atomic E-state index is 4.03. The topological polar surface area (TPSA) is 0 Å². The molecule has 2 aromatic rings. The molecule has 2 aromatic carbocycles. The summed E-state index contributed by atoms with van der Waals surface area (Å²) in [6.07, 6.45) is 5.27. The van der Waals surface area contributed by atoms with Crippen LogP contribution in [-0.2, 0) is 6.42 Å². The molecule has 0 nitrogen and oxygen atoms in total. The number of rotatable bonds is 2. The van der Waals surface area contributed by atoms with Crippen molar-refractivity contribution in [3.63, 3.8) is 0 Å². The Morgan fingerprint density at radius 1 is 1.10 bits per heavy atom. The Labute approximate surface area is 121 Å². The first-order valence-electron chi connectivity index (χ1n) is 7.13. The quantitative estimate of drug-likeness (QED) is 0.560. The normalized spacial score (nSPS) is 11.8. The average molecular weight is 260 g/mol. The van der Waals surface area contributed by atoms with Gasteiger partial charge >= 0.3 is 0 Å². The Morgan fingerprint density at radius 2 is 1.90 bits per heavy atom. The second kappa shape index (κ2) is 4.79. The van der Waals surface area contributed by atoms with E-state index in [1.807, 2.05) is 6.08 Å². The molecule has 0 spiro atoms. The molecular formula is C20H20. The molecule has 100 valence electrons. The van der Waals surface area contributed by atoms with E-state index in [1.54, 1.807) is 0 Å². The van der Waals surface area contributed by atoms with Crippen molar-refractivity contribution in [2.75, 3.05) is 0 Å². The number of aryl methyl sites for hydroxylation is 1. The summed E-state index contributed by atoms with van der Waals surface area (Å²) >= 11 is 0. The van der Waals surface area contributed by atoms with Crippen molar-refractivity contribution in [3.8, 4) is 11.1 Å². The molecule has 0 heterocycles. The van der Waals surface area contributed by atoms with Gasteiger partial charge in [0.25, 0.3) is 0 Å². The number of hydrogen-bond donors (Lipinski definition) is 0. The van der Waals surface area contributed by atoms with E-state index in [2.05, 4.69) is 63.8 Å². The summed E-state index contributed by atoms with van der Waals surface area (Å²) in [5.74, 6) is 0. The molecule has 0 aliphatic heterocycles. The highest BCUT2D eigenvalue weighted by Crippen LogP contribution is 2.40. The monoisotopic (exact) mass is 260 g/mol. The minimum absolute atomic E-state index is 1.02. The summed E-state index contributed by atoms with van der Waals surface area (Å²) in [5, 5.41) is 0. The third-order valence-corrected chi connectivity index (χ3v) is 3.96. The maximum Gasteiger partial charge on any atom is -0.000729 e. The number of benzene rings is 2. The maximum absolute atomic E-state index is 4.03. The van der Waals surface area contributed by atoms with E-state index in [0.29, 0.717) is 0 Å². The Kier molecular flexibility index (Phi) is 3.10.